The van der Waals surface area contributed by atoms with Crippen molar-refractivity contribution < 1.29 is 41.0 Å². The van der Waals surface area contributed by atoms with Crippen molar-refractivity contribution in [1.29, 1.82) is 0 Å². The Bertz CT molecular complexity index is 1350. The van der Waals surface area contributed by atoms with Gasteiger partial charge in [-0.15, -0.1) is 0 Å². The van der Waals surface area contributed by atoms with Crippen LogP contribution in [-0.4, -0.2) is 48.8 Å². The van der Waals surface area contributed by atoms with Crippen molar-refractivity contribution in [1.82, 2.24) is 5.01 Å². The van der Waals surface area contributed by atoms with Crippen molar-refractivity contribution in [2.75, 3.05) is 17.2 Å². The molecule has 1 fully saturated rings. The van der Waals surface area contributed by atoms with Crippen molar-refractivity contribution in [2.45, 2.75) is 32.1 Å². The van der Waals surface area contributed by atoms with E-state index in [4.69, 9.17) is 0 Å². The number of alkyl halides is 4. The van der Waals surface area contributed by atoms with Crippen molar-refractivity contribution in [3.63, 3.8) is 0 Å². The predicted octanol–water partition coefficient (Wildman–Crippen LogP) is 5.72. The average Bonchev–Trinajstić information content (AvgIpc) is 3.38. The summed E-state index contributed by atoms with van der Waals surface area (Å²) in [7, 11) is 0. The Kier molecular flexibility index (Phi) is 9.15. The highest BCUT2D eigenvalue weighted by molar-refractivity contribution is 6.04. The molecule has 1 saturated heterocycles. The molecule has 1 atom stereocenters. The smallest absolute Gasteiger partial charge is 0.387 e. The first-order chi connectivity index (χ1) is 19.2. The van der Waals surface area contributed by atoms with Crippen LogP contribution in [0.1, 0.15) is 28.8 Å². The Balaban J connectivity index is 1.37. The zero-order valence-corrected chi connectivity index (χ0v) is 20.7. The Hall–Kier alpha value is -4.68. The van der Waals surface area contributed by atoms with Gasteiger partial charge in [0.15, 0.2) is 11.5 Å². The van der Waals surface area contributed by atoms with E-state index in [0.717, 1.165) is 12.1 Å². The lowest BCUT2D eigenvalue weighted by Crippen LogP contribution is -2.36. The SMILES string of the molecule is O=C(Nc1ccc(NC(=O)[C@@H]2CCCN2/N=C/c2ccc(OC(F)F)c(OC(F)F)c2)cc1)c1ccc(F)cc1. The summed E-state index contributed by atoms with van der Waals surface area (Å²) in [5, 5.41) is 11.3. The van der Waals surface area contributed by atoms with Gasteiger partial charge >= 0.3 is 13.2 Å². The second kappa shape index (κ2) is 12.9. The van der Waals surface area contributed by atoms with Gasteiger partial charge in [-0.05, 0) is 85.1 Å². The lowest BCUT2D eigenvalue weighted by atomic mass is 10.2. The maximum absolute atomic E-state index is 13.1. The van der Waals surface area contributed by atoms with Crippen LogP contribution in [0, 0.1) is 5.82 Å². The first kappa shape index (κ1) is 28.3. The summed E-state index contributed by atoms with van der Waals surface area (Å²) in [6, 6.07) is 14.4. The fraction of sp³-hybridized carbons (Fsp3) is 0.222. The number of benzene rings is 3. The molecule has 40 heavy (non-hydrogen) atoms. The second-order valence-electron chi connectivity index (χ2n) is 8.56. The standard InChI is InChI=1S/C27H23F5N4O4/c28-18-6-4-17(5-7-18)24(37)34-19-8-10-20(11-9-19)35-25(38)21-2-1-13-36(21)33-15-16-3-12-22(39-26(29)30)23(14-16)40-27(31)32/h3-12,14-15,21,26-27H,1-2,13H2,(H,34,37)(H,35,38)/b33-15+/t21-/m0/s1. The number of rotatable bonds is 10. The van der Waals surface area contributed by atoms with Gasteiger partial charge in [-0.3, -0.25) is 14.6 Å². The van der Waals surface area contributed by atoms with Gasteiger partial charge in [-0.25, -0.2) is 4.39 Å². The number of hydrazone groups is 1. The molecule has 8 nitrogen and oxygen atoms in total. The molecular formula is C27H23F5N4O4. The zero-order valence-electron chi connectivity index (χ0n) is 20.7. The highest BCUT2D eigenvalue weighted by Gasteiger charge is 2.30. The Labute approximate surface area is 225 Å². The normalized spacial score (nSPS) is 15.1. The minimum Gasteiger partial charge on any atom is -0.431 e. The molecule has 4 rings (SSSR count). The van der Waals surface area contributed by atoms with Gasteiger partial charge in [0.25, 0.3) is 5.91 Å². The summed E-state index contributed by atoms with van der Waals surface area (Å²) in [4.78, 5) is 25.2. The molecule has 3 aromatic carbocycles. The number of hydrogen-bond donors (Lipinski definition) is 2. The van der Waals surface area contributed by atoms with Gasteiger partial charge in [-0.2, -0.15) is 22.7 Å². The number of anilines is 2. The molecule has 2 N–H and O–H groups in total. The number of amides is 2. The molecule has 0 radical (unpaired) electrons. The third kappa shape index (κ3) is 7.68. The van der Waals surface area contributed by atoms with Crippen LogP contribution in [0.25, 0.3) is 0 Å². The highest BCUT2D eigenvalue weighted by Crippen LogP contribution is 2.31. The highest BCUT2D eigenvalue weighted by atomic mass is 19.3. The van der Waals surface area contributed by atoms with E-state index in [1.807, 2.05) is 0 Å². The summed E-state index contributed by atoms with van der Waals surface area (Å²) in [5.74, 6) is -2.33. The van der Waals surface area contributed by atoms with E-state index in [9.17, 15) is 31.5 Å². The third-order valence-electron chi connectivity index (χ3n) is 5.80. The van der Waals surface area contributed by atoms with E-state index in [1.54, 1.807) is 24.3 Å². The van der Waals surface area contributed by atoms with E-state index in [0.29, 0.717) is 30.8 Å². The summed E-state index contributed by atoms with van der Waals surface area (Å²) >= 11 is 0. The van der Waals surface area contributed by atoms with Crippen LogP contribution in [0.3, 0.4) is 0 Å². The lowest BCUT2D eigenvalue weighted by Gasteiger charge is -2.21. The molecule has 3 aromatic rings. The maximum Gasteiger partial charge on any atom is 0.387 e. The molecule has 0 bridgehead atoms. The Morgan fingerprint density at radius 2 is 1.50 bits per heavy atom. The first-order valence-electron chi connectivity index (χ1n) is 12.0. The monoisotopic (exact) mass is 562 g/mol. The largest absolute Gasteiger partial charge is 0.431 e. The maximum atomic E-state index is 13.1. The summed E-state index contributed by atoms with van der Waals surface area (Å²) < 4.78 is 72.0. The second-order valence-corrected chi connectivity index (χ2v) is 8.56. The molecule has 0 spiro atoms. The van der Waals surface area contributed by atoms with Crippen molar-refractivity contribution in [2.24, 2.45) is 5.10 Å². The van der Waals surface area contributed by atoms with Crippen LogP contribution >= 0.6 is 0 Å². The van der Waals surface area contributed by atoms with Crippen LogP contribution in [0.15, 0.2) is 71.8 Å². The Morgan fingerprint density at radius 3 is 2.15 bits per heavy atom. The molecule has 0 unspecified atom stereocenters. The zero-order chi connectivity index (χ0) is 28.6. The number of carbonyl (C=O) groups excluding carboxylic acids is 2. The summed E-state index contributed by atoms with van der Waals surface area (Å²) in [6.45, 7) is -6.02. The van der Waals surface area contributed by atoms with Crippen LogP contribution in [0.5, 0.6) is 11.5 Å². The van der Waals surface area contributed by atoms with Gasteiger partial charge in [0.2, 0.25) is 5.91 Å². The number of carbonyl (C=O) groups is 2. The van der Waals surface area contributed by atoms with Crippen LogP contribution in [0.2, 0.25) is 0 Å². The molecule has 2 amide bonds. The van der Waals surface area contributed by atoms with E-state index in [2.05, 4.69) is 25.2 Å². The van der Waals surface area contributed by atoms with Crippen molar-refractivity contribution >= 4 is 29.4 Å². The predicted molar refractivity (Wildman–Crippen MR) is 136 cm³/mol. The van der Waals surface area contributed by atoms with Crippen molar-refractivity contribution in [3.8, 4) is 11.5 Å². The number of halogens is 5. The van der Waals surface area contributed by atoms with Crippen LogP contribution < -0.4 is 20.1 Å². The van der Waals surface area contributed by atoms with Crippen molar-refractivity contribution in [3.05, 3.63) is 83.7 Å². The van der Waals surface area contributed by atoms with Gasteiger partial charge in [-0.1, -0.05) is 0 Å². The topological polar surface area (TPSA) is 92.3 Å². The van der Waals surface area contributed by atoms with Gasteiger partial charge in [0.05, 0.1) is 6.21 Å². The first-order valence-corrected chi connectivity index (χ1v) is 12.0. The molecule has 13 heteroatoms. The van der Waals surface area contributed by atoms with E-state index in [-0.39, 0.29) is 17.0 Å². The molecule has 1 aliphatic rings. The minimum atomic E-state index is -3.25. The lowest BCUT2D eigenvalue weighted by molar-refractivity contribution is -0.120. The fourth-order valence-electron chi connectivity index (χ4n) is 3.95. The van der Waals surface area contributed by atoms with E-state index >= 15 is 0 Å². The van der Waals surface area contributed by atoms with Gasteiger partial charge in [0.1, 0.15) is 11.9 Å². The number of ether oxygens (including phenoxy) is 2. The Morgan fingerprint density at radius 1 is 0.875 bits per heavy atom. The molecule has 1 heterocycles. The van der Waals surface area contributed by atoms with Crippen LogP contribution in [-0.2, 0) is 4.79 Å². The van der Waals surface area contributed by atoms with E-state index in [1.165, 1.54) is 41.6 Å². The molecule has 210 valence electrons. The summed E-state index contributed by atoms with van der Waals surface area (Å²) in [6.07, 6.45) is 2.48. The molecule has 0 aliphatic carbocycles. The number of hydrogen-bond acceptors (Lipinski definition) is 6. The molecule has 0 saturated carbocycles. The number of nitrogens with one attached hydrogen (secondary N) is 2. The summed E-state index contributed by atoms with van der Waals surface area (Å²) in [5.41, 5.74) is 1.50. The van der Waals surface area contributed by atoms with Crippen LogP contribution in [0.4, 0.5) is 33.3 Å². The third-order valence-corrected chi connectivity index (χ3v) is 5.80. The van der Waals surface area contributed by atoms with Gasteiger partial charge < -0.3 is 20.1 Å². The van der Waals surface area contributed by atoms with Gasteiger partial charge in [0, 0.05) is 23.5 Å². The molecule has 0 aromatic heterocycles. The average molecular weight is 562 g/mol. The molecular weight excluding hydrogens is 539 g/mol. The molecule has 1 aliphatic heterocycles. The number of nitrogens with zero attached hydrogens (tertiary/aromatic N) is 2. The van der Waals surface area contributed by atoms with E-state index < -0.39 is 42.5 Å². The fourth-order valence-corrected chi connectivity index (χ4v) is 3.95. The quantitative estimate of drug-likeness (QED) is 0.244. The minimum absolute atomic E-state index is 0.265.